The average Bonchev–Trinajstić information content (AvgIpc) is 3.16. The Labute approximate surface area is 142 Å². The lowest BCUT2D eigenvalue weighted by Crippen LogP contribution is -2.42. The molecular weight excluding hydrogens is 308 g/mol. The molecule has 1 atom stereocenters. The summed E-state index contributed by atoms with van der Waals surface area (Å²) >= 11 is 0. The molecule has 0 spiro atoms. The Morgan fingerprint density at radius 1 is 1.33 bits per heavy atom. The maximum Gasteiger partial charge on any atom is 0.227 e. The number of carbonyl (C=O) groups excluding carboxylic acids is 2. The second-order valence-corrected chi connectivity index (χ2v) is 7.19. The van der Waals surface area contributed by atoms with Crippen LogP contribution in [-0.4, -0.2) is 45.4 Å². The summed E-state index contributed by atoms with van der Waals surface area (Å²) in [5.41, 5.74) is 0.754. The van der Waals surface area contributed by atoms with Gasteiger partial charge in [0, 0.05) is 31.2 Å². The van der Waals surface area contributed by atoms with E-state index in [2.05, 4.69) is 10.4 Å². The third-order valence-electron chi connectivity index (χ3n) is 4.97. The molecule has 1 aromatic rings. The van der Waals surface area contributed by atoms with E-state index in [-0.39, 0.29) is 42.3 Å². The summed E-state index contributed by atoms with van der Waals surface area (Å²) < 4.78 is 1.81. The van der Waals surface area contributed by atoms with Crippen molar-refractivity contribution in [3.63, 3.8) is 0 Å². The lowest BCUT2D eigenvalue weighted by atomic mass is 9.92. The Morgan fingerprint density at radius 2 is 2.04 bits per heavy atom. The fourth-order valence-electron chi connectivity index (χ4n) is 3.42. The molecule has 0 unspecified atom stereocenters. The molecular formula is C17H26N4O3. The van der Waals surface area contributed by atoms with Crippen molar-refractivity contribution in [2.75, 3.05) is 11.4 Å². The maximum atomic E-state index is 12.5. The molecule has 7 heteroatoms. The molecule has 2 N–H and O–H groups in total. The molecule has 2 fully saturated rings. The van der Waals surface area contributed by atoms with E-state index in [1.54, 1.807) is 11.1 Å². The van der Waals surface area contributed by atoms with Gasteiger partial charge in [0.2, 0.25) is 11.8 Å². The number of anilines is 1. The molecule has 1 aromatic heterocycles. The summed E-state index contributed by atoms with van der Waals surface area (Å²) in [4.78, 5) is 26.4. The second kappa shape index (κ2) is 6.93. The minimum Gasteiger partial charge on any atom is -0.393 e. The molecule has 0 radical (unpaired) electrons. The number of nitrogens with one attached hydrogen (secondary N) is 1. The van der Waals surface area contributed by atoms with Gasteiger partial charge in [0.15, 0.2) is 0 Å². The highest BCUT2D eigenvalue weighted by molar-refractivity contribution is 6.00. The summed E-state index contributed by atoms with van der Waals surface area (Å²) in [7, 11) is 0. The first kappa shape index (κ1) is 17.0. The van der Waals surface area contributed by atoms with E-state index in [4.69, 9.17) is 0 Å². The van der Waals surface area contributed by atoms with Gasteiger partial charge in [-0.2, -0.15) is 5.10 Å². The largest absolute Gasteiger partial charge is 0.393 e. The standard InChI is InChI=1S/C17H26N4O3/c1-11(2)21-10-14(8-18-21)20-9-12(7-16(20)23)17(24)19-13-3-5-15(22)6-4-13/h8,10-13,15,22H,3-7,9H2,1-2H3,(H,19,24)/t12-,13?,15?/m1/s1. The van der Waals surface area contributed by atoms with E-state index >= 15 is 0 Å². The number of nitrogens with zero attached hydrogens (tertiary/aromatic N) is 3. The monoisotopic (exact) mass is 334 g/mol. The summed E-state index contributed by atoms with van der Waals surface area (Å²) in [5, 5.41) is 16.8. The summed E-state index contributed by atoms with van der Waals surface area (Å²) in [5.74, 6) is -0.396. The van der Waals surface area contributed by atoms with Crippen LogP contribution in [0.15, 0.2) is 12.4 Å². The molecule has 0 aromatic carbocycles. The molecule has 1 saturated heterocycles. The number of rotatable bonds is 4. The molecule has 0 bridgehead atoms. The number of aliphatic hydroxyl groups is 1. The molecule has 24 heavy (non-hydrogen) atoms. The Kier molecular flexibility index (Phi) is 4.89. The van der Waals surface area contributed by atoms with Crippen molar-refractivity contribution in [3.8, 4) is 0 Å². The van der Waals surface area contributed by atoms with Crippen LogP contribution in [-0.2, 0) is 9.59 Å². The van der Waals surface area contributed by atoms with Crippen LogP contribution in [0.25, 0.3) is 0 Å². The molecule has 3 rings (SSSR count). The van der Waals surface area contributed by atoms with Gasteiger partial charge < -0.3 is 15.3 Å². The van der Waals surface area contributed by atoms with Gasteiger partial charge in [-0.15, -0.1) is 0 Å². The van der Waals surface area contributed by atoms with E-state index < -0.39 is 0 Å². The fourth-order valence-corrected chi connectivity index (χ4v) is 3.42. The van der Waals surface area contributed by atoms with Gasteiger partial charge in [0.1, 0.15) is 0 Å². The number of aliphatic hydroxyl groups excluding tert-OH is 1. The summed E-state index contributed by atoms with van der Waals surface area (Å²) in [6.45, 7) is 4.46. The number of hydrogen-bond donors (Lipinski definition) is 2. The molecule has 1 aliphatic carbocycles. The smallest absolute Gasteiger partial charge is 0.227 e. The van der Waals surface area contributed by atoms with E-state index in [1.165, 1.54) is 0 Å². The number of amides is 2. The van der Waals surface area contributed by atoms with E-state index in [9.17, 15) is 14.7 Å². The summed E-state index contributed by atoms with van der Waals surface area (Å²) in [6.07, 6.45) is 6.61. The van der Waals surface area contributed by atoms with Crippen LogP contribution in [0, 0.1) is 5.92 Å². The van der Waals surface area contributed by atoms with Crippen molar-refractivity contribution in [2.24, 2.45) is 5.92 Å². The highest BCUT2D eigenvalue weighted by Crippen LogP contribution is 2.26. The van der Waals surface area contributed by atoms with Crippen LogP contribution in [0.4, 0.5) is 5.69 Å². The van der Waals surface area contributed by atoms with Crippen LogP contribution in [0.2, 0.25) is 0 Å². The predicted octanol–water partition coefficient (Wildman–Crippen LogP) is 1.24. The highest BCUT2D eigenvalue weighted by Gasteiger charge is 2.36. The topological polar surface area (TPSA) is 87.5 Å². The third kappa shape index (κ3) is 3.61. The minimum absolute atomic E-state index is 0.0301. The van der Waals surface area contributed by atoms with E-state index in [0.717, 1.165) is 31.4 Å². The van der Waals surface area contributed by atoms with Gasteiger partial charge in [-0.05, 0) is 39.5 Å². The zero-order valence-electron chi connectivity index (χ0n) is 14.3. The average molecular weight is 334 g/mol. The van der Waals surface area contributed by atoms with E-state index in [0.29, 0.717) is 6.54 Å². The third-order valence-corrected chi connectivity index (χ3v) is 4.97. The Bertz CT molecular complexity index is 605. The molecule has 2 amide bonds. The van der Waals surface area contributed by atoms with Crippen molar-refractivity contribution in [1.29, 1.82) is 0 Å². The molecule has 1 saturated carbocycles. The first-order chi connectivity index (χ1) is 11.4. The Balaban J connectivity index is 1.58. The lowest BCUT2D eigenvalue weighted by Gasteiger charge is -2.27. The molecule has 2 heterocycles. The normalized spacial score (nSPS) is 27.8. The van der Waals surface area contributed by atoms with Gasteiger partial charge in [0.05, 0.1) is 23.9 Å². The quantitative estimate of drug-likeness (QED) is 0.867. The second-order valence-electron chi connectivity index (χ2n) is 7.19. The zero-order valence-corrected chi connectivity index (χ0v) is 14.3. The molecule has 1 aliphatic heterocycles. The van der Waals surface area contributed by atoms with Crippen LogP contribution >= 0.6 is 0 Å². The zero-order chi connectivity index (χ0) is 17.3. The van der Waals surface area contributed by atoms with Crippen LogP contribution < -0.4 is 10.2 Å². The van der Waals surface area contributed by atoms with Gasteiger partial charge >= 0.3 is 0 Å². The van der Waals surface area contributed by atoms with Gasteiger partial charge in [-0.25, -0.2) is 0 Å². The van der Waals surface area contributed by atoms with Gasteiger partial charge in [0.25, 0.3) is 0 Å². The SMILES string of the molecule is CC(C)n1cc(N2C[C@H](C(=O)NC3CCC(O)CC3)CC2=O)cn1. The molecule has 2 aliphatic rings. The van der Waals surface area contributed by atoms with Crippen molar-refractivity contribution < 1.29 is 14.7 Å². The Morgan fingerprint density at radius 3 is 2.67 bits per heavy atom. The maximum absolute atomic E-state index is 12.5. The van der Waals surface area contributed by atoms with Gasteiger partial charge in [-0.3, -0.25) is 14.3 Å². The summed E-state index contributed by atoms with van der Waals surface area (Å²) in [6, 6.07) is 0.353. The Hall–Kier alpha value is -1.89. The number of aromatic nitrogens is 2. The van der Waals surface area contributed by atoms with Crippen molar-refractivity contribution >= 4 is 17.5 Å². The first-order valence-electron chi connectivity index (χ1n) is 8.77. The highest BCUT2D eigenvalue weighted by atomic mass is 16.3. The minimum atomic E-state index is -0.313. The first-order valence-corrected chi connectivity index (χ1v) is 8.77. The van der Waals surface area contributed by atoms with Crippen LogP contribution in [0.5, 0.6) is 0 Å². The van der Waals surface area contributed by atoms with Gasteiger partial charge in [-0.1, -0.05) is 0 Å². The lowest BCUT2D eigenvalue weighted by molar-refractivity contribution is -0.127. The van der Waals surface area contributed by atoms with Crippen molar-refractivity contribution in [2.45, 2.75) is 64.1 Å². The van der Waals surface area contributed by atoms with E-state index in [1.807, 2.05) is 24.7 Å². The van der Waals surface area contributed by atoms with Crippen molar-refractivity contribution in [1.82, 2.24) is 15.1 Å². The number of hydrogen-bond acceptors (Lipinski definition) is 4. The van der Waals surface area contributed by atoms with Crippen LogP contribution in [0.1, 0.15) is 52.0 Å². The molecule has 7 nitrogen and oxygen atoms in total. The predicted molar refractivity (Wildman–Crippen MR) is 89.5 cm³/mol. The van der Waals surface area contributed by atoms with Crippen molar-refractivity contribution in [3.05, 3.63) is 12.4 Å². The van der Waals surface area contributed by atoms with Crippen LogP contribution in [0.3, 0.4) is 0 Å². The fraction of sp³-hybridized carbons (Fsp3) is 0.706. The number of carbonyl (C=O) groups is 2. The molecule has 132 valence electrons.